The van der Waals surface area contributed by atoms with E-state index >= 15 is 0 Å². The maximum Gasteiger partial charge on any atom is 0.142 e. The Morgan fingerprint density at radius 1 is 0.451 bits per heavy atom. The largest absolute Gasteiger partial charge is 0.456 e. The Bertz CT molecular complexity index is 3000. The molecular formula is C45H29N3O3. The van der Waals surface area contributed by atoms with Gasteiger partial charge in [-0.1, -0.05) is 115 Å². The molecule has 0 radical (unpaired) electrons. The van der Waals surface area contributed by atoms with Gasteiger partial charge < -0.3 is 18.6 Å². The van der Waals surface area contributed by atoms with Gasteiger partial charge in [0.1, 0.15) is 51.7 Å². The lowest BCUT2D eigenvalue weighted by Gasteiger charge is -2.32. The molecule has 6 nitrogen and oxygen atoms in total. The molecule has 6 heteroatoms. The molecule has 0 fully saturated rings. The van der Waals surface area contributed by atoms with Crippen molar-refractivity contribution >= 4 is 71.7 Å². The maximum atomic E-state index is 6.81. The smallest absolute Gasteiger partial charge is 0.142 e. The van der Waals surface area contributed by atoms with E-state index in [0.717, 1.165) is 99.5 Å². The minimum Gasteiger partial charge on any atom is -0.456 e. The Kier molecular flexibility index (Phi) is 6.05. The molecule has 3 aromatic heterocycles. The van der Waals surface area contributed by atoms with Crippen molar-refractivity contribution in [2.45, 2.75) is 12.3 Å². The van der Waals surface area contributed by atoms with Crippen LogP contribution in [0, 0.1) is 0 Å². The number of amidine groups is 1. The first kappa shape index (κ1) is 28.2. The maximum absolute atomic E-state index is 6.81. The average molecular weight is 660 g/mol. The standard InChI is InChI=1S/C45H29N3O3/c1-2-11-26(12-3-1)43-46-44(33-17-10-22-38-41(33)32-14-5-7-20-36(32)50-38)48-45(47-43)34-18-8-16-30-29-24-23-27(25-39(29)51-42(30)34)28-15-9-21-37-40(28)31-13-4-6-19-35(31)49-37/h1-25,44-45,48H,(H,46,47). The van der Waals surface area contributed by atoms with Crippen LogP contribution in [0.1, 0.15) is 29.0 Å². The predicted molar refractivity (Wildman–Crippen MR) is 205 cm³/mol. The second-order valence-electron chi connectivity index (χ2n) is 13.1. The fourth-order valence-corrected chi connectivity index (χ4v) is 7.88. The first-order valence-electron chi connectivity index (χ1n) is 17.2. The lowest BCUT2D eigenvalue weighted by atomic mass is 9.98. The van der Waals surface area contributed by atoms with Crippen molar-refractivity contribution in [2.75, 3.05) is 0 Å². The topological polar surface area (TPSA) is 75.8 Å². The highest BCUT2D eigenvalue weighted by molar-refractivity contribution is 6.14. The third-order valence-corrected chi connectivity index (χ3v) is 10.2. The summed E-state index contributed by atoms with van der Waals surface area (Å²) in [5.74, 6) is 0.810. The Balaban J connectivity index is 1.06. The van der Waals surface area contributed by atoms with Crippen LogP contribution in [-0.2, 0) is 0 Å². The summed E-state index contributed by atoms with van der Waals surface area (Å²) in [4.78, 5) is 5.27. The van der Waals surface area contributed by atoms with Crippen LogP contribution in [0.3, 0.4) is 0 Å². The molecule has 2 unspecified atom stereocenters. The van der Waals surface area contributed by atoms with Crippen molar-refractivity contribution in [3.05, 3.63) is 168 Å². The van der Waals surface area contributed by atoms with Crippen LogP contribution in [0.4, 0.5) is 0 Å². The summed E-state index contributed by atoms with van der Waals surface area (Å²) in [5, 5.41) is 14.0. The van der Waals surface area contributed by atoms with Crippen LogP contribution in [0.5, 0.6) is 0 Å². The van der Waals surface area contributed by atoms with E-state index in [1.807, 2.05) is 54.6 Å². The number of nitrogens with one attached hydrogen (secondary N) is 2. The van der Waals surface area contributed by atoms with E-state index in [1.54, 1.807) is 0 Å². The van der Waals surface area contributed by atoms with Gasteiger partial charge in [0.2, 0.25) is 0 Å². The van der Waals surface area contributed by atoms with Crippen molar-refractivity contribution in [2.24, 2.45) is 4.99 Å². The first-order valence-corrected chi connectivity index (χ1v) is 17.2. The van der Waals surface area contributed by atoms with Gasteiger partial charge in [-0.3, -0.25) is 5.32 Å². The highest BCUT2D eigenvalue weighted by Crippen LogP contribution is 2.41. The molecule has 2 N–H and O–H groups in total. The molecule has 0 saturated carbocycles. The normalized spacial score (nSPS) is 16.4. The summed E-state index contributed by atoms with van der Waals surface area (Å²) in [6.45, 7) is 0. The van der Waals surface area contributed by atoms with E-state index in [1.165, 1.54) is 0 Å². The van der Waals surface area contributed by atoms with E-state index < -0.39 is 6.17 Å². The molecule has 51 heavy (non-hydrogen) atoms. The third-order valence-electron chi connectivity index (χ3n) is 10.2. The molecule has 0 saturated heterocycles. The number of aliphatic imine (C=N–C) groups is 1. The van der Waals surface area contributed by atoms with E-state index in [0.29, 0.717) is 0 Å². The fourth-order valence-electron chi connectivity index (χ4n) is 7.88. The van der Waals surface area contributed by atoms with Crippen LogP contribution >= 0.6 is 0 Å². The van der Waals surface area contributed by atoms with E-state index in [2.05, 4.69) is 108 Å². The summed E-state index contributed by atoms with van der Waals surface area (Å²) in [5.41, 5.74) is 10.4. The average Bonchev–Trinajstić information content (AvgIpc) is 3.89. The molecule has 0 amide bonds. The van der Waals surface area contributed by atoms with Gasteiger partial charge in [0.15, 0.2) is 0 Å². The van der Waals surface area contributed by atoms with Crippen LogP contribution in [-0.4, -0.2) is 5.84 Å². The molecule has 0 aliphatic carbocycles. The van der Waals surface area contributed by atoms with Crippen LogP contribution in [0.25, 0.3) is 76.9 Å². The van der Waals surface area contributed by atoms with Crippen molar-refractivity contribution in [1.29, 1.82) is 0 Å². The van der Waals surface area contributed by atoms with Crippen molar-refractivity contribution in [3.8, 4) is 11.1 Å². The summed E-state index contributed by atoms with van der Waals surface area (Å²) in [7, 11) is 0. The summed E-state index contributed by atoms with van der Waals surface area (Å²) < 4.78 is 19.3. The van der Waals surface area contributed by atoms with Gasteiger partial charge >= 0.3 is 0 Å². The van der Waals surface area contributed by atoms with Gasteiger partial charge in [-0.15, -0.1) is 0 Å². The third kappa shape index (κ3) is 4.37. The molecule has 1 aliphatic rings. The number of rotatable bonds is 4. The van der Waals surface area contributed by atoms with E-state index in [9.17, 15) is 0 Å². The molecular weight excluding hydrogens is 631 g/mol. The lowest BCUT2D eigenvalue weighted by molar-refractivity contribution is 0.410. The fraction of sp³-hybridized carbons (Fsp3) is 0.0444. The number of hydrogen-bond acceptors (Lipinski definition) is 6. The zero-order valence-electron chi connectivity index (χ0n) is 27.3. The van der Waals surface area contributed by atoms with Gasteiger partial charge in [-0.25, -0.2) is 4.99 Å². The number of para-hydroxylation sites is 3. The molecule has 0 spiro atoms. The van der Waals surface area contributed by atoms with Crippen LogP contribution < -0.4 is 10.6 Å². The van der Waals surface area contributed by atoms with Gasteiger partial charge in [-0.05, 0) is 47.5 Å². The van der Waals surface area contributed by atoms with Gasteiger partial charge in [0.05, 0.1) is 0 Å². The number of furan rings is 3. The Morgan fingerprint density at radius 2 is 1.10 bits per heavy atom. The Morgan fingerprint density at radius 3 is 1.92 bits per heavy atom. The summed E-state index contributed by atoms with van der Waals surface area (Å²) >= 11 is 0. The number of fused-ring (bicyclic) bond motifs is 9. The van der Waals surface area contributed by atoms with E-state index in [-0.39, 0.29) is 6.17 Å². The molecule has 11 rings (SSSR count). The molecule has 4 heterocycles. The number of hydrogen-bond donors (Lipinski definition) is 2. The highest BCUT2D eigenvalue weighted by Gasteiger charge is 2.29. The van der Waals surface area contributed by atoms with Crippen molar-refractivity contribution in [3.63, 3.8) is 0 Å². The van der Waals surface area contributed by atoms with E-state index in [4.69, 9.17) is 18.2 Å². The zero-order chi connectivity index (χ0) is 33.5. The quantitative estimate of drug-likeness (QED) is 0.197. The zero-order valence-corrected chi connectivity index (χ0v) is 27.3. The Labute approximate surface area is 291 Å². The Hall–Kier alpha value is -6.63. The van der Waals surface area contributed by atoms with Gasteiger partial charge in [0, 0.05) is 49.0 Å². The first-order chi connectivity index (χ1) is 25.3. The minimum atomic E-state index is -0.394. The monoisotopic (exact) mass is 659 g/mol. The van der Waals surface area contributed by atoms with Crippen molar-refractivity contribution in [1.82, 2.24) is 10.6 Å². The highest BCUT2D eigenvalue weighted by atomic mass is 16.3. The SMILES string of the molecule is c1ccc(C2=NC(c3cccc4c3oc3cc(-c5cccc6oc7ccccc7c56)ccc34)NC(c3cccc4oc5ccccc5c34)N2)cc1. The van der Waals surface area contributed by atoms with Gasteiger partial charge in [-0.2, -0.15) is 0 Å². The molecule has 0 bridgehead atoms. The second kappa shape index (κ2) is 10.9. The molecule has 242 valence electrons. The second-order valence-corrected chi connectivity index (χ2v) is 13.1. The molecule has 2 atom stereocenters. The van der Waals surface area contributed by atoms with Gasteiger partial charge in [0.25, 0.3) is 0 Å². The minimum absolute atomic E-state index is 0.260. The number of benzene rings is 7. The molecule has 10 aromatic rings. The number of nitrogens with zero attached hydrogens (tertiary/aromatic N) is 1. The molecule has 1 aliphatic heterocycles. The molecule has 7 aromatic carbocycles. The summed E-state index contributed by atoms with van der Waals surface area (Å²) in [6, 6.07) is 52.0. The van der Waals surface area contributed by atoms with Crippen LogP contribution in [0.15, 0.2) is 170 Å². The van der Waals surface area contributed by atoms with Crippen molar-refractivity contribution < 1.29 is 13.3 Å². The summed E-state index contributed by atoms with van der Waals surface area (Å²) in [6.07, 6.45) is -0.654. The van der Waals surface area contributed by atoms with Crippen LogP contribution in [0.2, 0.25) is 0 Å². The lowest BCUT2D eigenvalue weighted by Crippen LogP contribution is -2.45. The predicted octanol–water partition coefficient (Wildman–Crippen LogP) is 11.4.